The predicted octanol–water partition coefficient (Wildman–Crippen LogP) is 3.71. The van der Waals surface area contributed by atoms with Crippen LogP contribution in [0.2, 0.25) is 5.02 Å². The van der Waals surface area contributed by atoms with E-state index in [-0.39, 0.29) is 6.61 Å². The molecule has 0 unspecified atom stereocenters. The van der Waals surface area contributed by atoms with Crippen LogP contribution in [0.4, 0.5) is 5.69 Å². The van der Waals surface area contributed by atoms with Gasteiger partial charge in [0.2, 0.25) is 0 Å². The standard InChI is InChI=1S/C15H19ClN2O/c16-11-7-10-8-13(5-6-19)18-15(10)14(9-11)17-12-3-1-2-4-12/h7-9,12,17-19H,1-6H2. The van der Waals surface area contributed by atoms with E-state index in [0.29, 0.717) is 12.5 Å². The van der Waals surface area contributed by atoms with Crippen LogP contribution in [-0.4, -0.2) is 22.7 Å². The van der Waals surface area contributed by atoms with E-state index in [9.17, 15) is 0 Å². The van der Waals surface area contributed by atoms with Gasteiger partial charge >= 0.3 is 0 Å². The lowest BCUT2D eigenvalue weighted by Gasteiger charge is -2.14. The molecule has 1 aromatic carbocycles. The first kappa shape index (κ1) is 12.8. The lowest BCUT2D eigenvalue weighted by Crippen LogP contribution is -2.14. The van der Waals surface area contributed by atoms with E-state index < -0.39 is 0 Å². The molecule has 102 valence electrons. The number of rotatable bonds is 4. The molecule has 0 saturated heterocycles. The molecule has 0 spiro atoms. The fraction of sp³-hybridized carbons (Fsp3) is 0.467. The number of anilines is 1. The topological polar surface area (TPSA) is 48.0 Å². The number of nitrogens with one attached hydrogen (secondary N) is 2. The van der Waals surface area contributed by atoms with Gasteiger partial charge in [-0.05, 0) is 31.0 Å². The summed E-state index contributed by atoms with van der Waals surface area (Å²) in [4.78, 5) is 3.39. The van der Waals surface area contributed by atoms with Crippen LogP contribution >= 0.6 is 11.6 Å². The molecule has 0 radical (unpaired) electrons. The average Bonchev–Trinajstić information content (AvgIpc) is 2.98. The Hall–Kier alpha value is -1.19. The minimum Gasteiger partial charge on any atom is -0.396 e. The summed E-state index contributed by atoms with van der Waals surface area (Å²) in [7, 11) is 0. The van der Waals surface area contributed by atoms with E-state index in [4.69, 9.17) is 16.7 Å². The van der Waals surface area contributed by atoms with Crippen molar-refractivity contribution in [3.05, 3.63) is 28.9 Å². The van der Waals surface area contributed by atoms with Crippen molar-refractivity contribution in [2.45, 2.75) is 38.1 Å². The van der Waals surface area contributed by atoms with E-state index in [1.54, 1.807) is 0 Å². The van der Waals surface area contributed by atoms with Crippen LogP contribution in [0.5, 0.6) is 0 Å². The van der Waals surface area contributed by atoms with E-state index in [1.807, 2.05) is 12.1 Å². The van der Waals surface area contributed by atoms with E-state index in [2.05, 4.69) is 16.4 Å². The van der Waals surface area contributed by atoms with Gasteiger partial charge in [0.25, 0.3) is 0 Å². The lowest BCUT2D eigenvalue weighted by atomic mass is 10.2. The van der Waals surface area contributed by atoms with Gasteiger partial charge in [-0.15, -0.1) is 0 Å². The minimum atomic E-state index is 0.159. The summed E-state index contributed by atoms with van der Waals surface area (Å²) < 4.78 is 0. The van der Waals surface area contributed by atoms with Crippen LogP contribution in [0, 0.1) is 0 Å². The monoisotopic (exact) mass is 278 g/mol. The second-order valence-corrected chi connectivity index (χ2v) is 5.75. The molecular formula is C15H19ClN2O. The van der Waals surface area contributed by atoms with E-state index in [0.717, 1.165) is 27.3 Å². The van der Waals surface area contributed by atoms with Gasteiger partial charge in [-0.2, -0.15) is 0 Å². The number of fused-ring (bicyclic) bond motifs is 1. The maximum atomic E-state index is 9.04. The number of aliphatic hydroxyl groups excluding tert-OH is 1. The molecule has 0 atom stereocenters. The second-order valence-electron chi connectivity index (χ2n) is 5.31. The molecule has 1 saturated carbocycles. The van der Waals surface area contributed by atoms with Crippen molar-refractivity contribution in [2.75, 3.05) is 11.9 Å². The van der Waals surface area contributed by atoms with Crippen molar-refractivity contribution in [1.82, 2.24) is 4.98 Å². The van der Waals surface area contributed by atoms with Crippen molar-refractivity contribution >= 4 is 28.2 Å². The largest absolute Gasteiger partial charge is 0.396 e. The van der Waals surface area contributed by atoms with Gasteiger partial charge in [0.15, 0.2) is 0 Å². The molecule has 4 heteroatoms. The van der Waals surface area contributed by atoms with Crippen molar-refractivity contribution in [1.29, 1.82) is 0 Å². The van der Waals surface area contributed by atoms with Crippen LogP contribution < -0.4 is 5.32 Å². The van der Waals surface area contributed by atoms with Crippen molar-refractivity contribution in [3.63, 3.8) is 0 Å². The quantitative estimate of drug-likeness (QED) is 0.798. The Bertz CT molecular complexity index is 573. The predicted molar refractivity (Wildman–Crippen MR) is 80.0 cm³/mol. The Labute approximate surface area is 118 Å². The van der Waals surface area contributed by atoms with Crippen LogP contribution in [0.3, 0.4) is 0 Å². The summed E-state index contributed by atoms with van der Waals surface area (Å²) in [6, 6.07) is 6.58. The first-order valence-electron chi connectivity index (χ1n) is 6.95. The summed E-state index contributed by atoms with van der Waals surface area (Å²) >= 11 is 6.19. The number of benzene rings is 1. The van der Waals surface area contributed by atoms with Crippen molar-refractivity contribution in [3.8, 4) is 0 Å². The Morgan fingerprint density at radius 1 is 1.26 bits per heavy atom. The molecule has 19 heavy (non-hydrogen) atoms. The molecule has 3 N–H and O–H groups in total. The molecule has 3 nitrogen and oxygen atoms in total. The highest BCUT2D eigenvalue weighted by atomic mass is 35.5. The number of aromatic amines is 1. The molecule has 1 fully saturated rings. The van der Waals surface area contributed by atoms with Crippen LogP contribution in [-0.2, 0) is 6.42 Å². The molecule has 0 aliphatic heterocycles. The third kappa shape index (κ3) is 2.72. The SMILES string of the molecule is OCCc1cc2cc(Cl)cc(NC3CCCC3)c2[nH]1. The molecule has 1 aromatic heterocycles. The van der Waals surface area contributed by atoms with Crippen LogP contribution in [0.15, 0.2) is 18.2 Å². The molecule has 1 aliphatic carbocycles. The Balaban J connectivity index is 1.96. The summed E-state index contributed by atoms with van der Waals surface area (Å²) in [5.74, 6) is 0. The highest BCUT2D eigenvalue weighted by molar-refractivity contribution is 6.31. The summed E-state index contributed by atoms with van der Waals surface area (Å²) in [5, 5.41) is 14.5. The van der Waals surface area contributed by atoms with Crippen LogP contribution in [0.25, 0.3) is 10.9 Å². The smallest absolute Gasteiger partial charge is 0.0692 e. The summed E-state index contributed by atoms with van der Waals surface area (Å²) in [6.45, 7) is 0.159. The van der Waals surface area contributed by atoms with Crippen molar-refractivity contribution in [2.24, 2.45) is 0 Å². The number of hydrogen-bond donors (Lipinski definition) is 3. The third-order valence-electron chi connectivity index (χ3n) is 3.84. The van der Waals surface area contributed by atoms with E-state index >= 15 is 0 Å². The molecule has 0 amide bonds. The maximum absolute atomic E-state index is 9.04. The zero-order valence-corrected chi connectivity index (χ0v) is 11.6. The molecule has 0 bridgehead atoms. The average molecular weight is 279 g/mol. The third-order valence-corrected chi connectivity index (χ3v) is 4.06. The lowest BCUT2D eigenvalue weighted by molar-refractivity contribution is 0.298. The fourth-order valence-electron chi connectivity index (χ4n) is 2.92. The molecule has 2 aromatic rings. The number of hydrogen-bond acceptors (Lipinski definition) is 2. The first-order valence-corrected chi connectivity index (χ1v) is 7.32. The van der Waals surface area contributed by atoms with Gasteiger partial charge in [-0.25, -0.2) is 0 Å². The Morgan fingerprint density at radius 2 is 2.05 bits per heavy atom. The summed E-state index contributed by atoms with van der Waals surface area (Å²) in [6.07, 6.45) is 5.73. The Morgan fingerprint density at radius 3 is 2.79 bits per heavy atom. The van der Waals surface area contributed by atoms with Crippen LogP contribution in [0.1, 0.15) is 31.4 Å². The van der Waals surface area contributed by atoms with Gasteiger partial charge in [0.05, 0.1) is 11.2 Å². The number of aromatic nitrogens is 1. The number of halogens is 1. The maximum Gasteiger partial charge on any atom is 0.0692 e. The normalized spacial score (nSPS) is 16.3. The minimum absolute atomic E-state index is 0.159. The van der Waals surface area contributed by atoms with Gasteiger partial charge in [0.1, 0.15) is 0 Å². The first-order chi connectivity index (χ1) is 9.26. The van der Waals surface area contributed by atoms with Gasteiger partial charge in [-0.1, -0.05) is 24.4 Å². The second kappa shape index (κ2) is 5.43. The molecule has 1 aliphatic rings. The molecule has 1 heterocycles. The van der Waals surface area contributed by atoms with Gasteiger partial charge in [-0.3, -0.25) is 0 Å². The molecule has 3 rings (SSSR count). The zero-order valence-electron chi connectivity index (χ0n) is 10.9. The van der Waals surface area contributed by atoms with E-state index in [1.165, 1.54) is 25.7 Å². The van der Waals surface area contributed by atoms with Gasteiger partial charge in [0, 0.05) is 35.2 Å². The Kier molecular flexibility index (Phi) is 3.67. The highest BCUT2D eigenvalue weighted by Gasteiger charge is 2.16. The highest BCUT2D eigenvalue weighted by Crippen LogP contribution is 2.31. The zero-order chi connectivity index (χ0) is 13.2. The fourth-order valence-corrected chi connectivity index (χ4v) is 3.15. The number of aliphatic hydroxyl groups is 1. The van der Waals surface area contributed by atoms with Gasteiger partial charge < -0.3 is 15.4 Å². The van der Waals surface area contributed by atoms with Crippen molar-refractivity contribution < 1.29 is 5.11 Å². The molecular weight excluding hydrogens is 260 g/mol. The summed E-state index contributed by atoms with van der Waals surface area (Å²) in [5.41, 5.74) is 3.23. The number of H-pyrrole nitrogens is 1.